The van der Waals surface area contributed by atoms with Gasteiger partial charge in [-0.2, -0.15) is 0 Å². The number of hydrogen-bond acceptors (Lipinski definition) is 3. The average molecular weight is 294 g/mol. The van der Waals surface area contributed by atoms with Gasteiger partial charge in [0.25, 0.3) is 0 Å². The van der Waals surface area contributed by atoms with Gasteiger partial charge in [0.1, 0.15) is 5.75 Å². The summed E-state index contributed by atoms with van der Waals surface area (Å²) in [5.41, 5.74) is 0.657. The molecule has 0 atom stereocenters. The Morgan fingerprint density at radius 1 is 1.24 bits per heavy atom. The number of ether oxygens (including phenoxy) is 1. The molecular formula is C15H22N2O4. The van der Waals surface area contributed by atoms with Crippen LogP contribution in [0, 0.1) is 5.41 Å². The lowest BCUT2D eigenvalue weighted by Gasteiger charge is -2.26. The maximum atomic E-state index is 12.0. The summed E-state index contributed by atoms with van der Waals surface area (Å²) in [6.07, 6.45) is 0. The number of amides is 2. The van der Waals surface area contributed by atoms with E-state index in [1.165, 1.54) is 0 Å². The van der Waals surface area contributed by atoms with Gasteiger partial charge in [-0.1, -0.05) is 20.8 Å². The summed E-state index contributed by atoms with van der Waals surface area (Å²) in [5, 5.41) is 11.3. The third-order valence-electron chi connectivity index (χ3n) is 2.53. The van der Waals surface area contributed by atoms with Crippen molar-refractivity contribution in [2.45, 2.75) is 20.8 Å². The summed E-state index contributed by atoms with van der Waals surface area (Å²) in [4.78, 5) is 24.0. The molecule has 1 rings (SSSR count). The van der Waals surface area contributed by atoms with Crippen molar-refractivity contribution in [3.8, 4) is 5.75 Å². The number of nitrogens with one attached hydrogen (secondary N) is 1. The molecule has 1 aromatic rings. The minimum absolute atomic E-state index is 0.0284. The highest BCUT2D eigenvalue weighted by Gasteiger charge is 2.17. The standard InChI is InChI=1S/C15H22N2O4/c1-15(2,3)10-17(4)14(20)16-11-5-7-12(8-6-11)21-9-13(18)19/h5-8H,9-10H2,1-4H3,(H,16,20)(H,18,19). The summed E-state index contributed by atoms with van der Waals surface area (Å²) in [6, 6.07) is 6.37. The molecule has 0 aliphatic rings. The van der Waals surface area contributed by atoms with Crippen LogP contribution >= 0.6 is 0 Å². The lowest BCUT2D eigenvalue weighted by Crippen LogP contribution is -2.37. The van der Waals surface area contributed by atoms with E-state index >= 15 is 0 Å². The molecule has 0 saturated heterocycles. The van der Waals surface area contributed by atoms with E-state index in [1.807, 2.05) is 0 Å². The SMILES string of the molecule is CN(CC(C)(C)C)C(=O)Nc1ccc(OCC(=O)O)cc1. The Labute approximate surface area is 124 Å². The number of carboxylic acid groups (broad SMARTS) is 1. The van der Waals surface area contributed by atoms with Crippen LogP contribution in [0.4, 0.5) is 10.5 Å². The average Bonchev–Trinajstić information content (AvgIpc) is 2.35. The molecule has 0 heterocycles. The molecule has 6 nitrogen and oxygen atoms in total. The molecule has 21 heavy (non-hydrogen) atoms. The quantitative estimate of drug-likeness (QED) is 0.875. The van der Waals surface area contributed by atoms with Crippen molar-refractivity contribution < 1.29 is 19.4 Å². The minimum atomic E-state index is -1.03. The number of anilines is 1. The third kappa shape index (κ3) is 6.65. The van der Waals surface area contributed by atoms with E-state index in [4.69, 9.17) is 9.84 Å². The zero-order valence-electron chi connectivity index (χ0n) is 12.8. The van der Waals surface area contributed by atoms with Crippen molar-refractivity contribution in [1.29, 1.82) is 0 Å². The number of carbonyl (C=O) groups excluding carboxylic acids is 1. The number of urea groups is 1. The van der Waals surface area contributed by atoms with Crippen LogP contribution in [0.5, 0.6) is 5.75 Å². The largest absolute Gasteiger partial charge is 0.482 e. The van der Waals surface area contributed by atoms with Crippen LogP contribution in [0.2, 0.25) is 0 Å². The maximum absolute atomic E-state index is 12.0. The molecule has 0 saturated carbocycles. The zero-order valence-corrected chi connectivity index (χ0v) is 12.8. The van der Waals surface area contributed by atoms with Crippen molar-refractivity contribution in [1.82, 2.24) is 4.90 Å². The van der Waals surface area contributed by atoms with Crippen molar-refractivity contribution >= 4 is 17.7 Å². The molecule has 2 N–H and O–H groups in total. The van der Waals surface area contributed by atoms with Gasteiger partial charge in [0.15, 0.2) is 6.61 Å². The summed E-state index contributed by atoms with van der Waals surface area (Å²) < 4.78 is 5.02. The van der Waals surface area contributed by atoms with E-state index in [1.54, 1.807) is 36.2 Å². The van der Waals surface area contributed by atoms with Crippen LogP contribution in [0.3, 0.4) is 0 Å². The molecule has 0 spiro atoms. The van der Waals surface area contributed by atoms with Crippen LogP contribution in [0.25, 0.3) is 0 Å². The lowest BCUT2D eigenvalue weighted by atomic mass is 9.96. The first-order chi connectivity index (χ1) is 9.67. The van der Waals surface area contributed by atoms with Crippen molar-refractivity contribution in [3.63, 3.8) is 0 Å². The monoisotopic (exact) mass is 294 g/mol. The van der Waals surface area contributed by atoms with Gasteiger partial charge in [-0.3, -0.25) is 0 Å². The first-order valence-corrected chi connectivity index (χ1v) is 6.64. The molecule has 0 radical (unpaired) electrons. The predicted octanol–water partition coefficient (Wildman–Crippen LogP) is 2.66. The minimum Gasteiger partial charge on any atom is -0.482 e. The molecule has 0 aromatic heterocycles. The highest BCUT2D eigenvalue weighted by atomic mass is 16.5. The van der Waals surface area contributed by atoms with E-state index in [-0.39, 0.29) is 18.1 Å². The number of hydrogen-bond donors (Lipinski definition) is 2. The normalized spacial score (nSPS) is 10.9. The Bertz CT molecular complexity index is 491. The highest BCUT2D eigenvalue weighted by Crippen LogP contribution is 2.17. The van der Waals surface area contributed by atoms with Gasteiger partial charge in [-0.25, -0.2) is 9.59 Å². The second kappa shape index (κ2) is 6.97. The summed E-state index contributed by atoms with van der Waals surface area (Å²) >= 11 is 0. The lowest BCUT2D eigenvalue weighted by molar-refractivity contribution is -0.139. The van der Waals surface area contributed by atoms with Crippen molar-refractivity contribution in [2.75, 3.05) is 25.5 Å². The molecule has 0 fully saturated rings. The summed E-state index contributed by atoms with van der Waals surface area (Å²) in [5.74, 6) is -0.588. The summed E-state index contributed by atoms with van der Waals surface area (Å²) in [7, 11) is 1.74. The molecule has 6 heteroatoms. The van der Waals surface area contributed by atoms with E-state index < -0.39 is 5.97 Å². The Morgan fingerprint density at radius 3 is 2.29 bits per heavy atom. The van der Waals surface area contributed by atoms with Gasteiger partial charge in [-0.15, -0.1) is 0 Å². The Kier molecular flexibility index (Phi) is 5.58. The molecule has 0 aliphatic carbocycles. The van der Waals surface area contributed by atoms with E-state index in [9.17, 15) is 9.59 Å². The second-order valence-corrected chi connectivity index (χ2v) is 6.05. The van der Waals surface area contributed by atoms with Crippen LogP contribution in [-0.4, -0.2) is 42.2 Å². The van der Waals surface area contributed by atoms with Crippen LogP contribution < -0.4 is 10.1 Å². The smallest absolute Gasteiger partial charge is 0.341 e. The Morgan fingerprint density at radius 2 is 1.81 bits per heavy atom. The molecule has 0 unspecified atom stereocenters. The maximum Gasteiger partial charge on any atom is 0.341 e. The van der Waals surface area contributed by atoms with Crippen LogP contribution in [-0.2, 0) is 4.79 Å². The van der Waals surface area contributed by atoms with Gasteiger partial charge < -0.3 is 20.1 Å². The third-order valence-corrected chi connectivity index (χ3v) is 2.53. The highest BCUT2D eigenvalue weighted by molar-refractivity contribution is 5.89. The molecule has 0 aliphatic heterocycles. The number of rotatable bonds is 5. The number of carbonyl (C=O) groups is 2. The van der Waals surface area contributed by atoms with Crippen molar-refractivity contribution in [3.05, 3.63) is 24.3 Å². The van der Waals surface area contributed by atoms with Crippen LogP contribution in [0.15, 0.2) is 24.3 Å². The van der Waals surface area contributed by atoms with Crippen LogP contribution in [0.1, 0.15) is 20.8 Å². The molecule has 2 amide bonds. The van der Waals surface area contributed by atoms with E-state index in [0.717, 1.165) is 0 Å². The fraction of sp³-hybridized carbons (Fsp3) is 0.467. The van der Waals surface area contributed by atoms with E-state index in [0.29, 0.717) is 18.0 Å². The fourth-order valence-electron chi connectivity index (χ4n) is 1.78. The number of benzene rings is 1. The first kappa shape index (κ1) is 16.8. The fourth-order valence-corrected chi connectivity index (χ4v) is 1.78. The molecule has 116 valence electrons. The second-order valence-electron chi connectivity index (χ2n) is 6.05. The Hall–Kier alpha value is -2.24. The Balaban J connectivity index is 2.55. The van der Waals surface area contributed by atoms with Gasteiger partial charge in [-0.05, 0) is 29.7 Å². The zero-order chi connectivity index (χ0) is 16.0. The van der Waals surface area contributed by atoms with Gasteiger partial charge in [0.2, 0.25) is 0 Å². The topological polar surface area (TPSA) is 78.9 Å². The summed E-state index contributed by atoms with van der Waals surface area (Å²) in [6.45, 7) is 6.43. The molecule has 0 bridgehead atoms. The van der Waals surface area contributed by atoms with E-state index in [2.05, 4.69) is 26.1 Å². The molecular weight excluding hydrogens is 272 g/mol. The van der Waals surface area contributed by atoms with Gasteiger partial charge in [0, 0.05) is 19.3 Å². The van der Waals surface area contributed by atoms with Crippen molar-refractivity contribution in [2.24, 2.45) is 5.41 Å². The predicted molar refractivity (Wildman–Crippen MR) is 80.7 cm³/mol. The number of aliphatic carboxylic acids is 1. The molecule has 1 aromatic carbocycles. The number of nitrogens with zero attached hydrogens (tertiary/aromatic N) is 1. The van der Waals surface area contributed by atoms with Gasteiger partial charge in [0.05, 0.1) is 0 Å². The number of carboxylic acids is 1. The van der Waals surface area contributed by atoms with Gasteiger partial charge >= 0.3 is 12.0 Å². The first-order valence-electron chi connectivity index (χ1n) is 6.64.